The normalized spacial score (nSPS) is 27.3. The van der Waals surface area contributed by atoms with Gasteiger partial charge in [-0.3, -0.25) is 0 Å². The van der Waals surface area contributed by atoms with Gasteiger partial charge in [-0.05, 0) is 71.0 Å². The van der Waals surface area contributed by atoms with Gasteiger partial charge >= 0.3 is 0 Å². The zero-order valence-corrected chi connectivity index (χ0v) is 33.9. The van der Waals surface area contributed by atoms with Crippen LogP contribution >= 0.6 is 22.6 Å². The van der Waals surface area contributed by atoms with Gasteiger partial charge in [-0.1, -0.05) is 112 Å². The van der Waals surface area contributed by atoms with Gasteiger partial charge in [0, 0.05) is 5.92 Å². The molecular weight excluding hydrogens is 647 g/mol. The Bertz CT molecular complexity index is 793. The quantitative estimate of drug-likeness (QED) is 0.158. The molecule has 1 rings (SSSR count). The summed E-state index contributed by atoms with van der Waals surface area (Å²) in [6, 6.07) is 0. The van der Waals surface area contributed by atoms with Crippen molar-refractivity contribution in [3.63, 3.8) is 0 Å². The van der Waals surface area contributed by atoms with E-state index in [4.69, 9.17) is 18.0 Å². The molecule has 6 atom stereocenters. The second-order valence-corrected chi connectivity index (χ2v) is 31.5. The van der Waals surface area contributed by atoms with E-state index in [9.17, 15) is 0 Å². The van der Waals surface area contributed by atoms with E-state index < -0.39 is 25.0 Å². The summed E-state index contributed by atoms with van der Waals surface area (Å²) in [6.07, 6.45) is 5.07. The highest BCUT2D eigenvalue weighted by Crippen LogP contribution is 2.46. The van der Waals surface area contributed by atoms with Crippen LogP contribution in [0.1, 0.15) is 95.4 Å². The van der Waals surface area contributed by atoms with Crippen molar-refractivity contribution in [1.29, 1.82) is 0 Å². The molecule has 8 heteroatoms. The predicted molar refractivity (Wildman–Crippen MR) is 187 cm³/mol. The zero-order valence-electron chi connectivity index (χ0n) is 28.8. The lowest BCUT2D eigenvalue weighted by Gasteiger charge is -2.54. The SMILES string of the molecule is CCCC[C@@H]1O[C@@H]([C@H](/C=C/I)O[Si](C)(C)C(C)(C)C)[C@@H](O[Si](C)(C)C(C)(C)C)[C@@H](O[Si](C)(C)C(C)(C)C)[C@H]1C. The van der Waals surface area contributed by atoms with Crippen molar-refractivity contribution in [2.75, 3.05) is 0 Å². The average molecular weight is 713 g/mol. The number of ether oxygens (including phenoxy) is 1. The van der Waals surface area contributed by atoms with Crippen molar-refractivity contribution >= 4 is 47.5 Å². The van der Waals surface area contributed by atoms with Gasteiger partial charge in [0.05, 0.1) is 24.4 Å². The van der Waals surface area contributed by atoms with Crippen LogP contribution in [0, 0.1) is 5.92 Å². The molecule has 0 bridgehead atoms. The molecule has 39 heavy (non-hydrogen) atoms. The molecule has 1 aliphatic heterocycles. The van der Waals surface area contributed by atoms with Gasteiger partial charge in [0.2, 0.25) is 0 Å². The summed E-state index contributed by atoms with van der Waals surface area (Å²) < 4.78 is 31.2. The average Bonchev–Trinajstić information content (AvgIpc) is 2.72. The zero-order chi connectivity index (χ0) is 30.8. The van der Waals surface area contributed by atoms with Crippen molar-refractivity contribution in [2.24, 2.45) is 5.92 Å². The fourth-order valence-electron chi connectivity index (χ4n) is 4.25. The highest BCUT2D eigenvalue weighted by molar-refractivity contribution is 14.1. The summed E-state index contributed by atoms with van der Waals surface area (Å²) >= 11 is 2.33. The second-order valence-electron chi connectivity index (χ2n) is 16.5. The van der Waals surface area contributed by atoms with E-state index in [1.807, 2.05) is 0 Å². The Labute approximate surface area is 260 Å². The molecule has 1 aliphatic rings. The molecule has 1 saturated heterocycles. The molecule has 0 aromatic rings. The summed E-state index contributed by atoms with van der Waals surface area (Å²) in [7, 11) is -6.33. The number of unbranched alkanes of at least 4 members (excludes halogenated alkanes) is 1. The van der Waals surface area contributed by atoms with Gasteiger partial charge in [0.25, 0.3) is 0 Å². The summed E-state index contributed by atoms with van der Waals surface area (Å²) in [4.78, 5) is 0. The van der Waals surface area contributed by atoms with E-state index in [0.717, 1.165) is 19.3 Å². The lowest BCUT2D eigenvalue weighted by Crippen LogP contribution is -2.65. The minimum absolute atomic E-state index is 0.0336. The van der Waals surface area contributed by atoms with Gasteiger partial charge in [-0.2, -0.15) is 0 Å². The summed E-state index contributed by atoms with van der Waals surface area (Å²) in [5.41, 5.74) is 0. The van der Waals surface area contributed by atoms with E-state index in [1.54, 1.807) is 0 Å². The molecule has 0 aromatic carbocycles. The molecule has 1 fully saturated rings. The third-order valence-corrected chi connectivity index (χ3v) is 24.1. The fourth-order valence-corrected chi connectivity index (χ4v) is 8.59. The van der Waals surface area contributed by atoms with Crippen LogP contribution in [0.15, 0.2) is 10.2 Å². The minimum Gasteiger partial charge on any atom is -0.411 e. The summed E-state index contributed by atoms with van der Waals surface area (Å²) in [6.45, 7) is 39.7. The van der Waals surface area contributed by atoms with Crippen LogP contribution in [-0.4, -0.2) is 55.5 Å². The molecule has 4 nitrogen and oxygen atoms in total. The lowest BCUT2D eigenvalue weighted by atomic mass is 9.84. The molecule has 0 aromatic heterocycles. The molecule has 0 saturated carbocycles. The maximum atomic E-state index is 7.39. The first-order valence-corrected chi connectivity index (χ1v) is 25.3. The van der Waals surface area contributed by atoms with Gasteiger partial charge in [-0.15, -0.1) is 0 Å². The monoisotopic (exact) mass is 712 g/mol. The van der Waals surface area contributed by atoms with Crippen LogP contribution in [0.3, 0.4) is 0 Å². The van der Waals surface area contributed by atoms with Crippen LogP contribution in [-0.2, 0) is 18.0 Å². The molecule has 232 valence electrons. The van der Waals surface area contributed by atoms with Gasteiger partial charge in [-0.25, -0.2) is 0 Å². The Morgan fingerprint density at radius 3 is 1.59 bits per heavy atom. The van der Waals surface area contributed by atoms with Crippen LogP contribution in [0.5, 0.6) is 0 Å². The molecule has 0 N–H and O–H groups in total. The van der Waals surface area contributed by atoms with Crippen molar-refractivity contribution in [2.45, 2.75) is 180 Å². The van der Waals surface area contributed by atoms with E-state index in [-0.39, 0.29) is 51.6 Å². The third kappa shape index (κ3) is 9.73. The maximum absolute atomic E-state index is 7.39. The van der Waals surface area contributed by atoms with Gasteiger partial charge < -0.3 is 18.0 Å². The largest absolute Gasteiger partial charge is 0.411 e. The molecule has 0 aliphatic carbocycles. The third-order valence-electron chi connectivity index (χ3n) is 10.2. The summed E-state index contributed by atoms with van der Waals surface area (Å²) in [5, 5.41) is 0.289. The predicted octanol–water partition coefficient (Wildman–Crippen LogP) is 10.7. The van der Waals surface area contributed by atoms with Crippen molar-refractivity contribution in [3.8, 4) is 0 Å². The minimum atomic E-state index is -2.15. The van der Waals surface area contributed by atoms with Crippen molar-refractivity contribution in [1.82, 2.24) is 0 Å². The first-order valence-electron chi connectivity index (χ1n) is 15.3. The molecule has 0 unspecified atom stereocenters. The highest BCUT2D eigenvalue weighted by Gasteiger charge is 2.54. The number of hydrogen-bond donors (Lipinski definition) is 0. The maximum Gasteiger partial charge on any atom is 0.193 e. The lowest BCUT2D eigenvalue weighted by molar-refractivity contribution is -0.207. The molecule has 0 radical (unpaired) electrons. The Morgan fingerprint density at radius 1 is 0.769 bits per heavy atom. The van der Waals surface area contributed by atoms with Crippen LogP contribution in [0.4, 0.5) is 0 Å². The fraction of sp³-hybridized carbons (Fsp3) is 0.935. The van der Waals surface area contributed by atoms with Crippen LogP contribution in [0.25, 0.3) is 0 Å². The van der Waals surface area contributed by atoms with Crippen molar-refractivity contribution < 1.29 is 18.0 Å². The number of hydrogen-bond acceptors (Lipinski definition) is 4. The van der Waals surface area contributed by atoms with E-state index in [2.05, 4.69) is 148 Å². The van der Waals surface area contributed by atoms with Gasteiger partial charge in [0.1, 0.15) is 6.10 Å². The van der Waals surface area contributed by atoms with Crippen molar-refractivity contribution in [3.05, 3.63) is 10.2 Å². The number of rotatable bonds is 11. The van der Waals surface area contributed by atoms with Crippen LogP contribution < -0.4 is 0 Å². The second kappa shape index (κ2) is 13.7. The Balaban J connectivity index is 3.81. The van der Waals surface area contributed by atoms with E-state index in [1.165, 1.54) is 0 Å². The standard InChI is InChI=1S/C31H65IO4Si3/c1-18-19-20-24-23(2)26(35-38(14,15)30(6,7)8)28(36-39(16,17)31(9,10)11)27(33-24)25(21-22-32)34-37(12,13)29(3,4)5/h21-28H,18-20H2,1-17H3/b22-21+/t23-,24-,25-,26-,27-,28-/m0/s1. The Hall–Kier alpha value is 0.961. The topological polar surface area (TPSA) is 36.9 Å². The Kier molecular flexibility index (Phi) is 13.4. The highest BCUT2D eigenvalue weighted by atomic mass is 127. The summed E-state index contributed by atoms with van der Waals surface area (Å²) in [5.74, 6) is 0.244. The molecule has 1 heterocycles. The Morgan fingerprint density at radius 2 is 1.21 bits per heavy atom. The van der Waals surface area contributed by atoms with E-state index in [0.29, 0.717) is 0 Å². The molecule has 0 amide bonds. The molecular formula is C31H65IO4Si3. The van der Waals surface area contributed by atoms with Gasteiger partial charge in [0.15, 0.2) is 25.0 Å². The smallest absolute Gasteiger partial charge is 0.193 e. The first-order chi connectivity index (χ1) is 17.3. The van der Waals surface area contributed by atoms with Crippen LogP contribution in [0.2, 0.25) is 54.4 Å². The molecule has 0 spiro atoms. The number of halogens is 1. The first kappa shape index (κ1) is 38.0. The van der Waals surface area contributed by atoms with E-state index >= 15 is 0 Å².